The third-order valence-electron chi connectivity index (χ3n) is 6.85. The maximum absolute atomic E-state index is 12.8. The van der Waals surface area contributed by atoms with Crippen LogP contribution < -0.4 is 14.8 Å². The molecule has 4 atom stereocenters. The largest absolute Gasteiger partial charge is 0.497 e. The quantitative estimate of drug-likeness (QED) is 0.157. The predicted octanol–water partition coefficient (Wildman–Crippen LogP) is 4.88. The number of alkyl halides is 3. The van der Waals surface area contributed by atoms with Crippen LogP contribution in [0.1, 0.15) is 42.9 Å². The van der Waals surface area contributed by atoms with E-state index in [1.807, 2.05) is 60.7 Å². The van der Waals surface area contributed by atoms with E-state index < -0.39 is 43.8 Å². The van der Waals surface area contributed by atoms with Crippen LogP contribution >= 0.6 is 34.8 Å². The zero-order valence-electron chi connectivity index (χ0n) is 21.7. The Morgan fingerprint density at radius 3 is 2.55 bits per heavy atom. The molecule has 218 valence electrons. The van der Waals surface area contributed by atoms with Gasteiger partial charge in [-0.25, -0.2) is 0 Å². The zero-order valence-corrected chi connectivity index (χ0v) is 24.8. The highest BCUT2D eigenvalue weighted by Gasteiger charge is 2.46. The summed E-state index contributed by atoms with van der Waals surface area (Å²) in [6, 6.07) is 16.3. The highest BCUT2D eigenvalue weighted by Crippen LogP contribution is 2.37. The average Bonchev–Trinajstić information content (AvgIpc) is 3.31. The molecule has 0 bridgehead atoms. The molecular formula is C27H31Cl3N2O7S. The smallest absolute Gasteiger partial charge is 0.336 e. The van der Waals surface area contributed by atoms with Crippen LogP contribution in [0.3, 0.4) is 0 Å². The van der Waals surface area contributed by atoms with Gasteiger partial charge in [-0.15, -0.1) is 0 Å². The van der Waals surface area contributed by atoms with E-state index in [9.17, 15) is 13.2 Å². The van der Waals surface area contributed by atoms with Gasteiger partial charge < -0.3 is 19.5 Å². The van der Waals surface area contributed by atoms with E-state index in [0.717, 1.165) is 16.9 Å². The summed E-state index contributed by atoms with van der Waals surface area (Å²) in [7, 11) is -2.38. The van der Waals surface area contributed by atoms with E-state index in [0.29, 0.717) is 19.4 Å². The first kappa shape index (κ1) is 31.1. The lowest BCUT2D eigenvalue weighted by atomic mass is 9.87. The predicted molar refractivity (Wildman–Crippen MR) is 152 cm³/mol. The van der Waals surface area contributed by atoms with Gasteiger partial charge in [-0.05, 0) is 48.9 Å². The van der Waals surface area contributed by atoms with Gasteiger partial charge in [0.05, 0.1) is 37.5 Å². The first-order chi connectivity index (χ1) is 19.0. The first-order valence-corrected chi connectivity index (χ1v) is 15.2. The number of rotatable bonds is 11. The molecule has 2 aromatic carbocycles. The lowest BCUT2D eigenvalue weighted by Crippen LogP contribution is -2.57. The van der Waals surface area contributed by atoms with Crippen LogP contribution in [0.4, 0.5) is 0 Å². The summed E-state index contributed by atoms with van der Waals surface area (Å²) >= 11 is 17.6. The van der Waals surface area contributed by atoms with Crippen molar-refractivity contribution in [2.75, 3.05) is 13.9 Å². The van der Waals surface area contributed by atoms with Crippen molar-refractivity contribution in [3.05, 3.63) is 77.9 Å². The lowest BCUT2D eigenvalue weighted by Gasteiger charge is -2.38. The summed E-state index contributed by atoms with van der Waals surface area (Å²) in [6.07, 6.45) is 3.85. The molecule has 1 heterocycles. The lowest BCUT2D eigenvalue weighted by molar-refractivity contribution is -0.131. The number of carbonyl (C=O) groups is 1. The molecule has 1 aliphatic carbocycles. The summed E-state index contributed by atoms with van der Waals surface area (Å²) in [5.41, 5.74) is 0.682. The van der Waals surface area contributed by atoms with Gasteiger partial charge in [-0.1, -0.05) is 89.4 Å². The molecule has 2 aliphatic rings. The Morgan fingerprint density at radius 2 is 1.88 bits per heavy atom. The molecule has 0 saturated carbocycles. The molecule has 9 nitrogen and oxygen atoms in total. The van der Waals surface area contributed by atoms with E-state index in [1.165, 1.54) is 0 Å². The summed E-state index contributed by atoms with van der Waals surface area (Å²) < 4.78 is 47.7. The van der Waals surface area contributed by atoms with Crippen LogP contribution in [-0.2, 0) is 35.4 Å². The van der Waals surface area contributed by atoms with Crippen molar-refractivity contribution in [2.24, 2.45) is 0 Å². The summed E-state index contributed by atoms with van der Waals surface area (Å²) in [4.78, 5) is 12.8. The van der Waals surface area contributed by atoms with Crippen LogP contribution in [0, 0.1) is 0 Å². The van der Waals surface area contributed by atoms with Gasteiger partial charge in [0.2, 0.25) is 0 Å². The summed E-state index contributed by atoms with van der Waals surface area (Å²) in [5.74, 6) is -0.0788. The van der Waals surface area contributed by atoms with Crippen molar-refractivity contribution < 1.29 is 31.6 Å². The molecule has 1 fully saturated rings. The fourth-order valence-electron chi connectivity index (χ4n) is 4.85. The Kier molecular flexibility index (Phi) is 10.4. The molecule has 0 spiro atoms. The number of benzene rings is 2. The molecule has 4 rings (SSSR count). The van der Waals surface area contributed by atoms with Crippen LogP contribution in [0.5, 0.6) is 5.75 Å². The number of ether oxygens (including phenoxy) is 3. The number of carbonyl (C=O) groups excluding carboxylic acids is 1. The molecular weight excluding hydrogens is 603 g/mol. The molecule has 0 radical (unpaired) electrons. The molecule has 1 aliphatic heterocycles. The Balaban J connectivity index is 1.43. The van der Waals surface area contributed by atoms with Crippen molar-refractivity contribution in [2.45, 2.75) is 59.9 Å². The van der Waals surface area contributed by atoms with Crippen molar-refractivity contribution in [1.82, 2.24) is 10.0 Å². The van der Waals surface area contributed by atoms with Crippen LogP contribution in [0.25, 0.3) is 0 Å². The van der Waals surface area contributed by atoms with Crippen molar-refractivity contribution in [3.63, 3.8) is 0 Å². The second-order valence-electron chi connectivity index (χ2n) is 9.63. The van der Waals surface area contributed by atoms with Gasteiger partial charge in [0.1, 0.15) is 12.5 Å². The Morgan fingerprint density at radius 1 is 1.15 bits per heavy atom. The monoisotopic (exact) mass is 632 g/mol. The Hall–Kier alpha value is -1.89. The minimum Gasteiger partial charge on any atom is -0.497 e. The molecule has 1 saturated heterocycles. The molecule has 0 unspecified atom stereocenters. The minimum absolute atomic E-state index is 0.0575. The van der Waals surface area contributed by atoms with E-state index in [4.69, 9.17) is 53.2 Å². The molecule has 0 aromatic heterocycles. The SMILES string of the molecule is COc1ccc(COCO[C@H]2CC=C[C@]2(CC[C@H]2C[C@@H](c3ccccc3)NS(=O)(=O)O2)NC(=O)C(Cl)(Cl)Cl)cc1. The third-order valence-corrected chi connectivity index (χ3v) is 8.47. The molecule has 2 aromatic rings. The topological polar surface area (TPSA) is 112 Å². The number of nitrogens with one attached hydrogen (secondary N) is 2. The number of hydrogen-bond donors (Lipinski definition) is 2. The van der Waals surface area contributed by atoms with Gasteiger partial charge >= 0.3 is 10.3 Å². The van der Waals surface area contributed by atoms with Crippen LogP contribution in [0.15, 0.2) is 66.7 Å². The average molecular weight is 634 g/mol. The van der Waals surface area contributed by atoms with Crippen LogP contribution in [-0.4, -0.2) is 49.8 Å². The molecule has 13 heteroatoms. The maximum Gasteiger partial charge on any atom is 0.336 e. The van der Waals surface area contributed by atoms with Crippen LogP contribution in [0.2, 0.25) is 0 Å². The molecule has 1 amide bonds. The number of halogens is 3. The number of hydrogen-bond acceptors (Lipinski definition) is 7. The van der Waals surface area contributed by atoms with Crippen molar-refractivity contribution in [1.29, 1.82) is 0 Å². The number of methoxy groups -OCH3 is 1. The molecule has 2 N–H and O–H groups in total. The van der Waals surface area contributed by atoms with Gasteiger partial charge in [0, 0.05) is 0 Å². The minimum atomic E-state index is -3.98. The second kappa shape index (κ2) is 13.4. The maximum atomic E-state index is 12.8. The highest BCUT2D eigenvalue weighted by atomic mass is 35.6. The Bertz CT molecular complexity index is 1270. The van der Waals surface area contributed by atoms with Crippen molar-refractivity contribution in [3.8, 4) is 5.75 Å². The second-order valence-corrected chi connectivity index (χ2v) is 13.2. The first-order valence-electron chi connectivity index (χ1n) is 12.6. The van der Waals surface area contributed by atoms with Gasteiger partial charge in [0.25, 0.3) is 9.70 Å². The van der Waals surface area contributed by atoms with Gasteiger partial charge in [0.15, 0.2) is 0 Å². The van der Waals surface area contributed by atoms with E-state index >= 15 is 0 Å². The summed E-state index contributed by atoms with van der Waals surface area (Å²) in [5, 5.41) is 2.82. The normalized spacial score (nSPS) is 25.9. The van der Waals surface area contributed by atoms with E-state index in [-0.39, 0.29) is 19.6 Å². The van der Waals surface area contributed by atoms with Gasteiger partial charge in [-0.2, -0.15) is 13.1 Å². The fraction of sp³-hybridized carbons (Fsp3) is 0.444. The fourth-order valence-corrected chi connectivity index (χ4v) is 6.16. The third kappa shape index (κ3) is 8.33. The molecule has 40 heavy (non-hydrogen) atoms. The summed E-state index contributed by atoms with van der Waals surface area (Å²) in [6.45, 7) is 0.247. The van der Waals surface area contributed by atoms with E-state index in [2.05, 4.69) is 10.0 Å². The Labute approximate surface area is 249 Å². The van der Waals surface area contributed by atoms with Crippen molar-refractivity contribution >= 4 is 51.0 Å². The van der Waals surface area contributed by atoms with E-state index in [1.54, 1.807) is 13.2 Å². The number of amides is 1. The zero-order chi connectivity index (χ0) is 28.8. The van der Waals surface area contributed by atoms with Gasteiger partial charge in [-0.3, -0.25) is 8.98 Å². The highest BCUT2D eigenvalue weighted by molar-refractivity contribution is 7.84. The standard InChI is InChI=1S/C27H31Cl3N2O7S/c1-36-21-11-9-19(10-12-21)17-37-18-38-24-8-5-14-26(24,31-25(33)27(28,29)30)15-13-22-16-23(32-40(34,35)39-22)20-6-3-2-4-7-20/h2-7,9-12,14,22-24,32H,8,13,15-18H2,1H3,(H,31,33)/t22-,23-,24-,26+/m0/s1.